The molecule has 1 fully saturated rings. The maximum Gasteiger partial charge on any atom is 0.257 e. The zero-order valence-electron chi connectivity index (χ0n) is 12.1. The Balaban J connectivity index is 1.83. The van der Waals surface area contributed by atoms with Crippen LogP contribution in [0.15, 0.2) is 16.7 Å². The molecule has 2 heterocycles. The van der Waals surface area contributed by atoms with Crippen molar-refractivity contribution in [2.24, 2.45) is 5.73 Å². The molecule has 0 unspecified atom stereocenters. The van der Waals surface area contributed by atoms with Gasteiger partial charge in [0.15, 0.2) is 0 Å². The van der Waals surface area contributed by atoms with Gasteiger partial charge in [-0.1, -0.05) is 6.92 Å². The molecule has 0 aromatic carbocycles. The SMILES string of the molecule is CCc1occc1C(=O)N1CCC(OCCCN)CC1. The van der Waals surface area contributed by atoms with Crippen LogP contribution in [0.5, 0.6) is 0 Å². The van der Waals surface area contributed by atoms with Crippen LogP contribution in [0.25, 0.3) is 0 Å². The minimum Gasteiger partial charge on any atom is -0.469 e. The summed E-state index contributed by atoms with van der Waals surface area (Å²) in [5.41, 5.74) is 6.15. The summed E-state index contributed by atoms with van der Waals surface area (Å²) in [7, 11) is 0. The number of hydrogen-bond acceptors (Lipinski definition) is 4. The minimum atomic E-state index is 0.0796. The van der Waals surface area contributed by atoms with Crippen LogP contribution in [-0.4, -0.2) is 43.2 Å². The van der Waals surface area contributed by atoms with Crippen molar-refractivity contribution in [2.75, 3.05) is 26.2 Å². The zero-order valence-corrected chi connectivity index (χ0v) is 12.1. The summed E-state index contributed by atoms with van der Waals surface area (Å²) in [6.45, 7) is 4.88. The molecule has 5 heteroatoms. The Kier molecular flexibility index (Phi) is 5.61. The predicted molar refractivity (Wildman–Crippen MR) is 76.6 cm³/mol. The number of aryl methyl sites for hydroxylation is 1. The maximum absolute atomic E-state index is 12.4. The number of likely N-dealkylation sites (tertiary alicyclic amines) is 1. The first-order chi connectivity index (χ1) is 9.76. The van der Waals surface area contributed by atoms with Crippen molar-refractivity contribution in [1.29, 1.82) is 0 Å². The van der Waals surface area contributed by atoms with E-state index in [4.69, 9.17) is 14.9 Å². The molecule has 0 radical (unpaired) electrons. The van der Waals surface area contributed by atoms with Crippen molar-refractivity contribution in [3.05, 3.63) is 23.7 Å². The first-order valence-electron chi connectivity index (χ1n) is 7.43. The average Bonchev–Trinajstić information content (AvgIpc) is 2.96. The summed E-state index contributed by atoms with van der Waals surface area (Å²) in [5, 5.41) is 0. The fraction of sp³-hybridized carbons (Fsp3) is 0.667. The molecule has 112 valence electrons. The molecule has 2 rings (SSSR count). The van der Waals surface area contributed by atoms with Gasteiger partial charge < -0.3 is 19.8 Å². The lowest BCUT2D eigenvalue weighted by Crippen LogP contribution is -2.41. The van der Waals surface area contributed by atoms with Crippen molar-refractivity contribution in [3.63, 3.8) is 0 Å². The van der Waals surface area contributed by atoms with E-state index in [1.807, 2.05) is 11.8 Å². The third kappa shape index (κ3) is 3.61. The van der Waals surface area contributed by atoms with E-state index < -0.39 is 0 Å². The molecule has 1 aromatic heterocycles. The van der Waals surface area contributed by atoms with Crippen LogP contribution in [0.2, 0.25) is 0 Å². The number of ether oxygens (including phenoxy) is 1. The summed E-state index contributed by atoms with van der Waals surface area (Å²) in [4.78, 5) is 14.3. The molecule has 1 aliphatic rings. The Morgan fingerprint density at radius 3 is 2.90 bits per heavy atom. The molecule has 1 aliphatic heterocycles. The quantitative estimate of drug-likeness (QED) is 0.807. The number of nitrogens with zero attached hydrogens (tertiary/aromatic N) is 1. The van der Waals surface area contributed by atoms with Crippen molar-refractivity contribution in [2.45, 2.75) is 38.7 Å². The number of furan rings is 1. The lowest BCUT2D eigenvalue weighted by molar-refractivity contribution is 0.00840. The van der Waals surface area contributed by atoms with Gasteiger partial charge in [0.2, 0.25) is 0 Å². The molecule has 5 nitrogen and oxygen atoms in total. The van der Waals surface area contributed by atoms with E-state index in [9.17, 15) is 4.79 Å². The lowest BCUT2D eigenvalue weighted by Gasteiger charge is -2.32. The molecule has 1 aromatic rings. The van der Waals surface area contributed by atoms with Gasteiger partial charge in [0.25, 0.3) is 5.91 Å². The summed E-state index contributed by atoms with van der Waals surface area (Å²) < 4.78 is 11.1. The molecule has 0 atom stereocenters. The maximum atomic E-state index is 12.4. The van der Waals surface area contributed by atoms with Gasteiger partial charge >= 0.3 is 0 Å². The van der Waals surface area contributed by atoms with Gasteiger partial charge in [-0.25, -0.2) is 0 Å². The second-order valence-corrected chi connectivity index (χ2v) is 5.12. The highest BCUT2D eigenvalue weighted by Gasteiger charge is 2.25. The highest BCUT2D eigenvalue weighted by atomic mass is 16.5. The molecule has 0 bridgehead atoms. The van der Waals surface area contributed by atoms with Gasteiger partial charge in [-0.2, -0.15) is 0 Å². The van der Waals surface area contributed by atoms with E-state index in [0.29, 0.717) is 12.1 Å². The fourth-order valence-corrected chi connectivity index (χ4v) is 2.53. The van der Waals surface area contributed by atoms with Gasteiger partial charge in [-0.05, 0) is 31.9 Å². The van der Waals surface area contributed by atoms with Crippen LogP contribution in [0.3, 0.4) is 0 Å². The Morgan fingerprint density at radius 2 is 2.25 bits per heavy atom. The molecule has 0 spiro atoms. The van der Waals surface area contributed by atoms with Crippen molar-refractivity contribution in [1.82, 2.24) is 4.90 Å². The van der Waals surface area contributed by atoms with E-state index in [-0.39, 0.29) is 12.0 Å². The summed E-state index contributed by atoms with van der Waals surface area (Å²) in [5.74, 6) is 0.854. The van der Waals surface area contributed by atoms with Crippen LogP contribution < -0.4 is 5.73 Å². The van der Waals surface area contributed by atoms with E-state index in [1.54, 1.807) is 12.3 Å². The number of nitrogens with two attached hydrogens (primary N) is 1. The number of carbonyl (C=O) groups excluding carboxylic acids is 1. The van der Waals surface area contributed by atoms with Gasteiger partial charge in [-0.15, -0.1) is 0 Å². The van der Waals surface area contributed by atoms with Crippen LogP contribution in [0.1, 0.15) is 42.3 Å². The number of amides is 1. The number of hydrogen-bond donors (Lipinski definition) is 1. The second kappa shape index (κ2) is 7.45. The highest BCUT2D eigenvalue weighted by molar-refractivity contribution is 5.95. The molecule has 20 heavy (non-hydrogen) atoms. The predicted octanol–water partition coefficient (Wildman–Crippen LogP) is 1.81. The fourth-order valence-electron chi connectivity index (χ4n) is 2.53. The van der Waals surface area contributed by atoms with Gasteiger partial charge in [0, 0.05) is 26.1 Å². The Hall–Kier alpha value is -1.33. The van der Waals surface area contributed by atoms with Crippen molar-refractivity contribution in [3.8, 4) is 0 Å². The standard InChI is InChI=1S/C15H24N2O3/c1-2-14-13(6-11-20-14)15(18)17-8-4-12(5-9-17)19-10-3-7-16/h6,11-12H,2-5,7-10,16H2,1H3. The number of piperidine rings is 1. The molecular formula is C15H24N2O3. The highest BCUT2D eigenvalue weighted by Crippen LogP contribution is 2.19. The van der Waals surface area contributed by atoms with Crippen molar-refractivity contribution >= 4 is 5.91 Å². The molecule has 1 amide bonds. The Morgan fingerprint density at radius 1 is 1.50 bits per heavy atom. The smallest absolute Gasteiger partial charge is 0.257 e. The summed E-state index contributed by atoms with van der Waals surface area (Å²) in [6.07, 6.45) is 5.29. The van der Waals surface area contributed by atoms with Gasteiger partial charge in [0.1, 0.15) is 5.76 Å². The van der Waals surface area contributed by atoms with Crippen LogP contribution in [0, 0.1) is 0 Å². The van der Waals surface area contributed by atoms with E-state index in [1.165, 1.54) is 0 Å². The molecule has 0 aliphatic carbocycles. The Labute approximate surface area is 120 Å². The molecule has 0 saturated carbocycles. The molecular weight excluding hydrogens is 256 g/mol. The third-order valence-electron chi connectivity index (χ3n) is 3.73. The average molecular weight is 280 g/mol. The van der Waals surface area contributed by atoms with Crippen LogP contribution in [0.4, 0.5) is 0 Å². The van der Waals surface area contributed by atoms with Gasteiger partial charge in [-0.3, -0.25) is 4.79 Å². The van der Waals surface area contributed by atoms with Gasteiger partial charge in [0.05, 0.1) is 17.9 Å². The first-order valence-corrected chi connectivity index (χ1v) is 7.43. The van der Waals surface area contributed by atoms with Crippen LogP contribution >= 0.6 is 0 Å². The van der Waals surface area contributed by atoms with E-state index in [0.717, 1.165) is 51.1 Å². The third-order valence-corrected chi connectivity index (χ3v) is 3.73. The lowest BCUT2D eigenvalue weighted by atomic mass is 10.1. The minimum absolute atomic E-state index is 0.0796. The molecule has 1 saturated heterocycles. The molecule has 2 N–H and O–H groups in total. The Bertz CT molecular complexity index is 423. The monoisotopic (exact) mass is 280 g/mol. The summed E-state index contributed by atoms with van der Waals surface area (Å²) in [6, 6.07) is 1.77. The topological polar surface area (TPSA) is 68.7 Å². The van der Waals surface area contributed by atoms with Crippen molar-refractivity contribution < 1.29 is 13.9 Å². The second-order valence-electron chi connectivity index (χ2n) is 5.12. The number of rotatable bonds is 6. The van der Waals surface area contributed by atoms with Crippen LogP contribution in [-0.2, 0) is 11.2 Å². The zero-order chi connectivity index (χ0) is 14.4. The number of carbonyl (C=O) groups is 1. The van der Waals surface area contributed by atoms with E-state index >= 15 is 0 Å². The first kappa shape index (κ1) is 15.1. The largest absolute Gasteiger partial charge is 0.469 e. The normalized spacial score (nSPS) is 16.6. The summed E-state index contributed by atoms with van der Waals surface area (Å²) >= 11 is 0. The van der Waals surface area contributed by atoms with E-state index in [2.05, 4.69) is 0 Å².